The topological polar surface area (TPSA) is 66.0 Å². The quantitative estimate of drug-likeness (QED) is 0.616. The number of fused-ring (bicyclic) bond motifs is 1. The largest absolute Gasteiger partial charge is 0.495 e. The highest BCUT2D eigenvalue weighted by molar-refractivity contribution is 5.84. The number of aromatic hydroxyl groups is 1. The lowest BCUT2D eigenvalue weighted by atomic mass is 10.3. The second-order valence-corrected chi connectivity index (χ2v) is 2.47. The molecule has 0 aliphatic carbocycles. The third kappa shape index (κ3) is 0.934. The zero-order chi connectivity index (χ0) is 8.55. The van der Waals surface area contributed by atoms with Gasteiger partial charge in [0, 0.05) is 17.8 Å². The van der Waals surface area contributed by atoms with Gasteiger partial charge in [0.25, 0.3) is 0 Å². The molecule has 2 aromatic rings. The fourth-order valence-electron chi connectivity index (χ4n) is 1.07. The van der Waals surface area contributed by atoms with Crippen LogP contribution in [-0.2, 0) is 0 Å². The van der Waals surface area contributed by atoms with Crippen LogP contribution in [-0.4, -0.2) is 21.4 Å². The van der Waals surface area contributed by atoms with Gasteiger partial charge in [-0.2, -0.15) is 0 Å². The maximum Gasteiger partial charge on any atom is 0.190 e. The van der Waals surface area contributed by atoms with Crippen molar-refractivity contribution in [3.63, 3.8) is 0 Å². The maximum atomic E-state index is 10.3. The zero-order valence-electron chi connectivity index (χ0n) is 6.11. The summed E-state index contributed by atoms with van der Waals surface area (Å²) in [4.78, 5) is 17.0. The van der Waals surface area contributed by atoms with Crippen LogP contribution in [0.3, 0.4) is 0 Å². The second kappa shape index (κ2) is 2.34. The van der Waals surface area contributed by atoms with Gasteiger partial charge >= 0.3 is 0 Å². The fraction of sp³-hybridized carbons (Fsp3) is 0. The van der Waals surface area contributed by atoms with Gasteiger partial charge < -0.3 is 10.1 Å². The zero-order valence-corrected chi connectivity index (χ0v) is 6.11. The molecule has 0 radical (unpaired) electrons. The molecule has 4 heteroatoms. The normalized spacial score (nSPS) is 10.3. The standard InChI is InChI=1S/C8H6N2O2/c11-4-5-1-7-6(9-3-5)2-8(12)10-7/h1-4,10,12H. The van der Waals surface area contributed by atoms with Gasteiger partial charge in [0.2, 0.25) is 0 Å². The first-order chi connectivity index (χ1) is 5.79. The summed E-state index contributed by atoms with van der Waals surface area (Å²) in [7, 11) is 0. The Morgan fingerprint density at radius 3 is 3.08 bits per heavy atom. The number of aldehydes is 1. The summed E-state index contributed by atoms with van der Waals surface area (Å²) < 4.78 is 0. The van der Waals surface area contributed by atoms with Crippen LogP contribution in [0.25, 0.3) is 11.0 Å². The number of aromatic nitrogens is 2. The highest BCUT2D eigenvalue weighted by atomic mass is 16.3. The third-order valence-corrected chi connectivity index (χ3v) is 1.61. The van der Waals surface area contributed by atoms with Crippen LogP contribution >= 0.6 is 0 Å². The van der Waals surface area contributed by atoms with Crippen LogP contribution in [0.1, 0.15) is 10.4 Å². The molecule has 0 atom stereocenters. The molecule has 60 valence electrons. The van der Waals surface area contributed by atoms with E-state index in [2.05, 4.69) is 9.97 Å². The van der Waals surface area contributed by atoms with Crippen LogP contribution in [0.4, 0.5) is 0 Å². The van der Waals surface area contributed by atoms with Gasteiger partial charge in [0.15, 0.2) is 12.2 Å². The lowest BCUT2D eigenvalue weighted by molar-refractivity contribution is 0.112. The first-order valence-electron chi connectivity index (χ1n) is 3.42. The van der Waals surface area contributed by atoms with E-state index in [0.717, 1.165) is 0 Å². The summed E-state index contributed by atoms with van der Waals surface area (Å²) in [6.07, 6.45) is 2.17. The molecule has 2 heterocycles. The highest BCUT2D eigenvalue weighted by Gasteiger charge is 2.00. The van der Waals surface area contributed by atoms with Gasteiger partial charge in [0.05, 0.1) is 11.0 Å². The van der Waals surface area contributed by atoms with Crippen LogP contribution in [0.5, 0.6) is 5.88 Å². The summed E-state index contributed by atoms with van der Waals surface area (Å²) in [5.41, 5.74) is 1.81. The molecule has 0 amide bonds. The van der Waals surface area contributed by atoms with Crippen molar-refractivity contribution in [1.82, 2.24) is 9.97 Å². The first-order valence-corrected chi connectivity index (χ1v) is 3.42. The van der Waals surface area contributed by atoms with Crippen molar-refractivity contribution in [2.24, 2.45) is 0 Å². The summed E-state index contributed by atoms with van der Waals surface area (Å²) in [6, 6.07) is 3.14. The van der Waals surface area contributed by atoms with E-state index in [-0.39, 0.29) is 5.88 Å². The SMILES string of the molecule is O=Cc1cnc2cc(O)[nH]c2c1. The lowest BCUT2D eigenvalue weighted by Crippen LogP contribution is -1.81. The Kier molecular flexibility index (Phi) is 1.33. The molecule has 0 unspecified atom stereocenters. The molecule has 2 aromatic heterocycles. The molecule has 0 spiro atoms. The number of H-pyrrole nitrogens is 1. The Bertz CT molecular complexity index is 434. The number of rotatable bonds is 1. The van der Waals surface area contributed by atoms with Crippen molar-refractivity contribution < 1.29 is 9.90 Å². The minimum atomic E-state index is 0.0561. The van der Waals surface area contributed by atoms with E-state index in [9.17, 15) is 4.79 Å². The van der Waals surface area contributed by atoms with E-state index >= 15 is 0 Å². The molecule has 0 aliphatic rings. The number of pyridine rings is 1. The molecule has 0 aromatic carbocycles. The molecule has 0 bridgehead atoms. The number of nitrogens with one attached hydrogen (secondary N) is 1. The number of hydrogen-bond donors (Lipinski definition) is 2. The van der Waals surface area contributed by atoms with E-state index < -0.39 is 0 Å². The van der Waals surface area contributed by atoms with Gasteiger partial charge in [-0.15, -0.1) is 0 Å². The first kappa shape index (κ1) is 6.84. The van der Waals surface area contributed by atoms with Gasteiger partial charge in [-0.1, -0.05) is 0 Å². The number of hydrogen-bond acceptors (Lipinski definition) is 3. The molecule has 0 aliphatic heterocycles. The van der Waals surface area contributed by atoms with E-state index in [1.165, 1.54) is 12.3 Å². The molecule has 2 N–H and O–H groups in total. The van der Waals surface area contributed by atoms with Gasteiger partial charge in [-0.25, -0.2) is 0 Å². The predicted molar refractivity (Wildman–Crippen MR) is 43.1 cm³/mol. The van der Waals surface area contributed by atoms with Crippen LogP contribution in [0, 0.1) is 0 Å². The molecule has 0 fully saturated rings. The third-order valence-electron chi connectivity index (χ3n) is 1.61. The summed E-state index contributed by atoms with van der Waals surface area (Å²) in [6.45, 7) is 0. The Balaban J connectivity index is 2.74. The van der Waals surface area contributed by atoms with Crippen molar-refractivity contribution in [2.75, 3.05) is 0 Å². The predicted octanol–water partition coefficient (Wildman–Crippen LogP) is 1.08. The second-order valence-electron chi connectivity index (χ2n) is 2.47. The van der Waals surface area contributed by atoms with Gasteiger partial charge in [-0.3, -0.25) is 9.78 Å². The van der Waals surface area contributed by atoms with Crippen molar-refractivity contribution in [1.29, 1.82) is 0 Å². The Hall–Kier alpha value is -1.84. The Morgan fingerprint density at radius 2 is 2.33 bits per heavy atom. The summed E-state index contributed by atoms with van der Waals surface area (Å²) in [5, 5.41) is 9.04. The van der Waals surface area contributed by atoms with Crippen molar-refractivity contribution in [2.45, 2.75) is 0 Å². The van der Waals surface area contributed by atoms with Crippen molar-refractivity contribution >= 4 is 17.3 Å². The number of aromatic amines is 1. The number of carbonyl (C=O) groups is 1. The lowest BCUT2D eigenvalue weighted by Gasteiger charge is -1.88. The monoisotopic (exact) mass is 162 g/mol. The average molecular weight is 162 g/mol. The van der Waals surface area contributed by atoms with E-state index in [4.69, 9.17) is 5.11 Å². The molecule has 0 saturated heterocycles. The van der Waals surface area contributed by atoms with Gasteiger partial charge in [-0.05, 0) is 6.07 Å². The van der Waals surface area contributed by atoms with E-state index in [0.29, 0.717) is 22.9 Å². The summed E-state index contributed by atoms with van der Waals surface area (Å²) >= 11 is 0. The molecule has 4 nitrogen and oxygen atoms in total. The summed E-state index contributed by atoms with van der Waals surface area (Å²) in [5.74, 6) is 0.0561. The van der Waals surface area contributed by atoms with E-state index in [1.807, 2.05) is 0 Å². The van der Waals surface area contributed by atoms with Gasteiger partial charge in [0.1, 0.15) is 0 Å². The smallest absolute Gasteiger partial charge is 0.190 e. The minimum Gasteiger partial charge on any atom is -0.495 e. The molecular formula is C8H6N2O2. The molecular weight excluding hydrogens is 156 g/mol. The average Bonchev–Trinajstić information content (AvgIpc) is 2.43. The van der Waals surface area contributed by atoms with E-state index in [1.54, 1.807) is 6.07 Å². The van der Waals surface area contributed by atoms with Crippen molar-refractivity contribution in [3.8, 4) is 5.88 Å². The minimum absolute atomic E-state index is 0.0561. The van der Waals surface area contributed by atoms with Crippen LogP contribution in [0.15, 0.2) is 18.3 Å². The fourth-order valence-corrected chi connectivity index (χ4v) is 1.07. The number of carbonyl (C=O) groups excluding carboxylic acids is 1. The Labute approximate surface area is 67.9 Å². The van der Waals surface area contributed by atoms with Crippen LogP contribution in [0.2, 0.25) is 0 Å². The number of nitrogens with zero attached hydrogens (tertiary/aromatic N) is 1. The Morgan fingerprint density at radius 1 is 1.50 bits per heavy atom. The van der Waals surface area contributed by atoms with Crippen molar-refractivity contribution in [3.05, 3.63) is 23.9 Å². The molecule has 2 rings (SSSR count). The molecule has 12 heavy (non-hydrogen) atoms. The molecule has 0 saturated carbocycles. The highest BCUT2D eigenvalue weighted by Crippen LogP contribution is 2.17. The van der Waals surface area contributed by atoms with Crippen LogP contribution < -0.4 is 0 Å². The maximum absolute atomic E-state index is 10.3.